The number of unbranched alkanes of at least 4 members (excludes halogenated alkanes) is 2. The van der Waals surface area contributed by atoms with Crippen LogP contribution in [0.15, 0.2) is 41.3 Å². The third-order valence-corrected chi connectivity index (χ3v) is 9.82. The highest BCUT2D eigenvalue weighted by Gasteiger charge is 2.71. The van der Waals surface area contributed by atoms with Gasteiger partial charge in [-0.25, -0.2) is 14.4 Å². The monoisotopic (exact) mass is 663 g/mol. The molecule has 1 aromatic carbocycles. The summed E-state index contributed by atoms with van der Waals surface area (Å²) in [6.07, 6.45) is 1.41. The van der Waals surface area contributed by atoms with Crippen molar-refractivity contribution < 1.29 is 47.3 Å². The Morgan fingerprint density at radius 2 is 2.07 bits per heavy atom. The highest BCUT2D eigenvalue weighted by Crippen LogP contribution is 2.63. The van der Waals surface area contributed by atoms with Crippen LogP contribution in [0.2, 0.25) is 0 Å². The molecule has 2 aliphatic heterocycles. The van der Waals surface area contributed by atoms with Gasteiger partial charge in [0, 0.05) is 31.6 Å². The van der Waals surface area contributed by atoms with E-state index in [0.717, 1.165) is 30.4 Å². The molecule has 2 N–H and O–H groups in total. The number of anilines is 1. The Hall–Kier alpha value is -3.29. The molecule has 7 atom stereocenters. The number of nitrogens with one attached hydrogen (secondary N) is 1. The average Bonchev–Trinajstić information content (AvgIpc) is 3.69. The fourth-order valence-electron chi connectivity index (χ4n) is 6.18. The molecule has 1 amide bonds. The van der Waals surface area contributed by atoms with Gasteiger partial charge in [-0.1, -0.05) is 49.6 Å². The molecule has 1 spiro atoms. The number of fused-ring (bicyclic) bond motifs is 2. The molecule has 46 heavy (non-hydrogen) atoms. The quantitative estimate of drug-likeness (QED) is 0.159. The zero-order valence-electron chi connectivity index (χ0n) is 26.3. The Balaban J connectivity index is 1.20. The number of aliphatic hydroxyl groups excluding tert-OH is 1. The van der Waals surface area contributed by atoms with Crippen molar-refractivity contribution in [2.24, 2.45) is 5.92 Å². The van der Waals surface area contributed by atoms with Crippen molar-refractivity contribution >= 4 is 25.7 Å². The first kappa shape index (κ1) is 34.1. The van der Waals surface area contributed by atoms with Gasteiger partial charge >= 0.3 is 25.5 Å². The number of carbonyl (C=O) groups excluding carboxylic acids is 2. The van der Waals surface area contributed by atoms with E-state index in [9.17, 15) is 24.1 Å². The number of hydrogen-bond acceptors (Lipinski definition) is 12. The lowest BCUT2D eigenvalue weighted by Gasteiger charge is -2.22. The van der Waals surface area contributed by atoms with E-state index in [1.165, 1.54) is 23.5 Å². The third kappa shape index (κ3) is 8.16. The first-order valence-corrected chi connectivity index (χ1v) is 17.7. The van der Waals surface area contributed by atoms with Gasteiger partial charge in [-0.2, -0.15) is 4.98 Å². The summed E-state index contributed by atoms with van der Waals surface area (Å²) in [6.45, 7) is 5.49. The van der Waals surface area contributed by atoms with Gasteiger partial charge in [0.2, 0.25) is 0 Å². The molecule has 3 heterocycles. The normalized spacial score (nSPS) is 27.1. The molecule has 3 fully saturated rings. The Kier molecular flexibility index (Phi) is 10.8. The number of nitrogens with zero attached hydrogens (tertiary/aromatic N) is 2. The van der Waals surface area contributed by atoms with E-state index in [1.54, 1.807) is 0 Å². The number of aryl methyl sites for hydroxylation is 1. The van der Waals surface area contributed by atoms with Crippen molar-refractivity contribution in [1.29, 1.82) is 0 Å². The highest BCUT2D eigenvalue weighted by atomic mass is 31.2. The average molecular weight is 664 g/mol. The summed E-state index contributed by atoms with van der Waals surface area (Å²) in [6, 6.07) is 8.55. The van der Waals surface area contributed by atoms with E-state index in [4.69, 9.17) is 28.0 Å². The Bertz CT molecular complexity index is 1500. The third-order valence-electron chi connectivity index (χ3n) is 8.55. The SMILES string of the molecule is CCCCCOC(=O)Nc1ccn(C2C[C@@]23O[C@H](COP(C)(=O)OCC[C@H](O)c2cccc(C)c2)[C@H]2OC(=O)OCC[C@@H]23)c(=O)n1. The van der Waals surface area contributed by atoms with Gasteiger partial charge in [-0.3, -0.25) is 14.4 Å². The van der Waals surface area contributed by atoms with Crippen molar-refractivity contribution in [3.05, 3.63) is 58.1 Å². The number of hydrogen-bond donors (Lipinski definition) is 2. The molecule has 1 aliphatic carbocycles. The van der Waals surface area contributed by atoms with Crippen LogP contribution in [0.5, 0.6) is 0 Å². The molecule has 15 heteroatoms. The summed E-state index contributed by atoms with van der Waals surface area (Å²) >= 11 is 0. The van der Waals surface area contributed by atoms with Gasteiger partial charge in [0.1, 0.15) is 18.0 Å². The Labute approximate surface area is 267 Å². The molecule has 2 saturated heterocycles. The first-order valence-electron chi connectivity index (χ1n) is 15.7. The lowest BCUT2D eigenvalue weighted by atomic mass is 9.91. The summed E-state index contributed by atoms with van der Waals surface area (Å²) in [5.41, 5.74) is 0.291. The zero-order chi connectivity index (χ0) is 32.9. The largest absolute Gasteiger partial charge is 0.508 e. The molecular weight excluding hydrogens is 621 g/mol. The number of aromatic nitrogens is 2. The van der Waals surface area contributed by atoms with Crippen LogP contribution >= 0.6 is 7.60 Å². The topological polar surface area (TPSA) is 174 Å². The standard InChI is InChI=1S/C31H42N3O11P/c1-4-5-6-14-40-29(37)33-26-10-13-34(28(36)32-26)25-18-31(25)22-11-15-41-30(38)44-27(22)24(45-31)19-43-46(3,39)42-16-12-23(35)21-9-7-8-20(2)17-21/h7-10,13,17,22-25,27,35H,4-6,11-12,14-16,18-19H2,1-3H3,(H,32,33,36,37)/t22-,23-,24+,25?,27-,31-,46?/m0/s1. The Morgan fingerprint density at radius 3 is 2.83 bits per heavy atom. The molecule has 1 aromatic heterocycles. The van der Waals surface area contributed by atoms with Gasteiger partial charge in [0.25, 0.3) is 0 Å². The van der Waals surface area contributed by atoms with Crippen molar-refractivity contribution in [2.75, 3.05) is 38.4 Å². The van der Waals surface area contributed by atoms with E-state index < -0.39 is 55.5 Å². The van der Waals surface area contributed by atoms with E-state index >= 15 is 0 Å². The number of aliphatic hydroxyl groups is 1. The smallest absolute Gasteiger partial charge is 0.449 e. The van der Waals surface area contributed by atoms with Crippen LogP contribution in [-0.4, -0.2) is 77.8 Å². The second-order valence-electron chi connectivity index (χ2n) is 12.0. The van der Waals surface area contributed by atoms with Gasteiger partial charge < -0.3 is 33.1 Å². The molecule has 2 unspecified atom stereocenters. The number of rotatable bonds is 14. The maximum Gasteiger partial charge on any atom is 0.508 e. The molecule has 14 nitrogen and oxygen atoms in total. The van der Waals surface area contributed by atoms with Gasteiger partial charge in [0.15, 0.2) is 0 Å². The molecular formula is C31H42N3O11P. The summed E-state index contributed by atoms with van der Waals surface area (Å²) in [5.74, 6) is -0.267. The predicted octanol–water partition coefficient (Wildman–Crippen LogP) is 4.89. The van der Waals surface area contributed by atoms with Crippen LogP contribution in [0.3, 0.4) is 0 Å². The molecule has 252 valence electrons. The van der Waals surface area contributed by atoms with E-state index in [2.05, 4.69) is 10.3 Å². The summed E-state index contributed by atoms with van der Waals surface area (Å²) in [7, 11) is -3.58. The van der Waals surface area contributed by atoms with Gasteiger partial charge in [-0.05, 0) is 31.4 Å². The molecule has 0 radical (unpaired) electrons. The van der Waals surface area contributed by atoms with E-state index in [1.807, 2.05) is 38.1 Å². The molecule has 1 saturated carbocycles. The minimum atomic E-state index is -3.58. The van der Waals surface area contributed by atoms with Crippen LogP contribution in [0.4, 0.5) is 15.4 Å². The summed E-state index contributed by atoms with van der Waals surface area (Å²) in [5, 5.41) is 13.0. The fraction of sp³-hybridized carbons (Fsp3) is 0.613. The van der Waals surface area contributed by atoms with Crippen LogP contribution in [0.1, 0.15) is 68.7 Å². The van der Waals surface area contributed by atoms with Crippen LogP contribution in [0.25, 0.3) is 0 Å². The van der Waals surface area contributed by atoms with Crippen LogP contribution < -0.4 is 11.0 Å². The lowest BCUT2D eigenvalue weighted by molar-refractivity contribution is -0.0485. The molecule has 3 aliphatic rings. The number of ether oxygens (including phenoxy) is 4. The number of benzene rings is 1. The minimum absolute atomic E-state index is 0.00729. The van der Waals surface area contributed by atoms with Gasteiger partial charge in [-0.15, -0.1) is 0 Å². The number of amides is 1. The van der Waals surface area contributed by atoms with E-state index in [-0.39, 0.29) is 44.6 Å². The maximum atomic E-state index is 13.1. The van der Waals surface area contributed by atoms with Crippen LogP contribution in [-0.2, 0) is 32.6 Å². The second-order valence-corrected chi connectivity index (χ2v) is 14.1. The molecule has 5 rings (SSSR count). The Morgan fingerprint density at radius 1 is 1.24 bits per heavy atom. The summed E-state index contributed by atoms with van der Waals surface area (Å²) in [4.78, 5) is 41.3. The zero-order valence-corrected chi connectivity index (χ0v) is 27.2. The second kappa shape index (κ2) is 14.6. The summed E-state index contributed by atoms with van der Waals surface area (Å²) < 4.78 is 48.1. The van der Waals surface area contributed by atoms with Gasteiger partial charge in [0.05, 0.1) is 44.2 Å². The van der Waals surface area contributed by atoms with Crippen molar-refractivity contribution in [1.82, 2.24) is 9.55 Å². The predicted molar refractivity (Wildman–Crippen MR) is 165 cm³/mol. The minimum Gasteiger partial charge on any atom is -0.449 e. The van der Waals surface area contributed by atoms with Crippen molar-refractivity contribution in [2.45, 2.75) is 82.3 Å². The van der Waals surface area contributed by atoms with Crippen molar-refractivity contribution in [3.63, 3.8) is 0 Å². The van der Waals surface area contributed by atoms with E-state index in [0.29, 0.717) is 12.8 Å². The highest BCUT2D eigenvalue weighted by molar-refractivity contribution is 7.52. The molecule has 2 aromatic rings. The fourth-order valence-corrected chi connectivity index (χ4v) is 7.11. The van der Waals surface area contributed by atoms with Crippen molar-refractivity contribution in [3.8, 4) is 0 Å². The van der Waals surface area contributed by atoms with Crippen LogP contribution in [0, 0.1) is 12.8 Å². The lowest BCUT2D eigenvalue weighted by Crippen LogP contribution is -2.34. The molecule has 0 bridgehead atoms. The number of carbonyl (C=O) groups is 2. The number of cyclic esters (lactones) is 1. The maximum absolute atomic E-state index is 13.1. The first-order chi connectivity index (χ1) is 22.0.